The van der Waals surface area contributed by atoms with Crippen LogP contribution in [0.5, 0.6) is 0 Å². The minimum Gasteiger partial charge on any atom is -0.478 e. The number of furan rings is 1. The van der Waals surface area contributed by atoms with Crippen molar-refractivity contribution in [2.75, 3.05) is 0 Å². The molecule has 2 heterocycles. The quantitative estimate of drug-likeness (QED) is 0.785. The van der Waals surface area contributed by atoms with Crippen molar-refractivity contribution >= 4 is 12.3 Å². The van der Waals surface area contributed by atoms with E-state index >= 15 is 0 Å². The molecule has 0 bridgehead atoms. The Labute approximate surface area is 90.1 Å². The van der Waals surface area contributed by atoms with Crippen molar-refractivity contribution in [3.63, 3.8) is 0 Å². The Morgan fingerprint density at radius 2 is 2.38 bits per heavy atom. The second kappa shape index (κ2) is 3.65. The second-order valence-electron chi connectivity index (χ2n) is 3.15. The third-order valence-electron chi connectivity index (χ3n) is 2.24. The Bertz CT molecular complexity index is 553. The van der Waals surface area contributed by atoms with Crippen LogP contribution in [0.15, 0.2) is 22.9 Å². The Balaban J connectivity index is 2.63. The number of aryl methyl sites for hydroxylation is 1. The molecule has 0 aromatic carbocycles. The molecule has 0 aliphatic heterocycles. The normalized spacial score (nSPS) is 10.3. The maximum atomic E-state index is 10.9. The van der Waals surface area contributed by atoms with Crippen LogP contribution in [0, 0.1) is 0 Å². The van der Waals surface area contributed by atoms with E-state index in [2.05, 4.69) is 5.10 Å². The summed E-state index contributed by atoms with van der Waals surface area (Å²) in [6, 6.07) is 1.33. The van der Waals surface area contributed by atoms with Gasteiger partial charge in [0.15, 0.2) is 12.0 Å². The maximum absolute atomic E-state index is 10.9. The Kier molecular flexibility index (Phi) is 2.32. The number of nitrogens with zero attached hydrogens (tertiary/aromatic N) is 2. The highest BCUT2D eigenvalue weighted by atomic mass is 16.4. The van der Waals surface area contributed by atoms with Gasteiger partial charge in [0.25, 0.3) is 0 Å². The molecule has 1 N–H and O–H groups in total. The summed E-state index contributed by atoms with van der Waals surface area (Å²) < 4.78 is 6.43. The first-order valence-electron chi connectivity index (χ1n) is 4.43. The molecule has 2 rings (SSSR count). The van der Waals surface area contributed by atoms with Crippen molar-refractivity contribution in [3.8, 4) is 11.3 Å². The van der Waals surface area contributed by atoms with Crippen molar-refractivity contribution in [1.29, 1.82) is 0 Å². The number of carbonyl (C=O) groups is 2. The minimum absolute atomic E-state index is 0.0103. The maximum Gasteiger partial charge on any atom is 0.339 e. The molecule has 0 unspecified atom stereocenters. The van der Waals surface area contributed by atoms with Crippen LogP contribution in [0.4, 0.5) is 0 Å². The Morgan fingerprint density at radius 1 is 1.62 bits per heavy atom. The number of aromatic carboxylic acids is 1. The van der Waals surface area contributed by atoms with E-state index in [0.717, 1.165) is 0 Å². The minimum atomic E-state index is -1.11. The monoisotopic (exact) mass is 220 g/mol. The molecule has 0 aliphatic rings. The fraction of sp³-hybridized carbons (Fsp3) is 0.100. The number of carbonyl (C=O) groups excluding carboxylic acids is 1. The molecular formula is C10H8N2O4. The lowest BCUT2D eigenvalue weighted by molar-refractivity contribution is 0.0697. The highest BCUT2D eigenvalue weighted by Gasteiger charge is 2.20. The van der Waals surface area contributed by atoms with Crippen LogP contribution < -0.4 is 0 Å². The summed E-state index contributed by atoms with van der Waals surface area (Å²) in [4.78, 5) is 21.7. The lowest BCUT2D eigenvalue weighted by Gasteiger charge is -1.97. The summed E-state index contributed by atoms with van der Waals surface area (Å²) in [6.07, 6.45) is 3.27. The van der Waals surface area contributed by atoms with Gasteiger partial charge in [0.05, 0.1) is 18.0 Å². The molecule has 0 fully saturated rings. The first-order valence-corrected chi connectivity index (χ1v) is 4.43. The van der Waals surface area contributed by atoms with Crippen LogP contribution >= 0.6 is 0 Å². The highest BCUT2D eigenvalue weighted by Crippen LogP contribution is 2.26. The van der Waals surface area contributed by atoms with Crippen LogP contribution in [0.3, 0.4) is 0 Å². The fourth-order valence-electron chi connectivity index (χ4n) is 1.45. The molecule has 0 amide bonds. The Hall–Kier alpha value is -2.37. The number of hydrogen-bond acceptors (Lipinski definition) is 4. The molecule has 0 aliphatic carbocycles. The van der Waals surface area contributed by atoms with Gasteiger partial charge in [-0.05, 0) is 6.07 Å². The van der Waals surface area contributed by atoms with E-state index in [1.54, 1.807) is 7.05 Å². The van der Waals surface area contributed by atoms with E-state index < -0.39 is 5.97 Å². The number of carboxylic acids is 1. The standard InChI is InChI=1S/C10H8N2O4/c1-12-8(5-13)7(4-11-12)9-6(10(14)15)2-3-16-9/h2-5H,1H3,(H,14,15). The van der Waals surface area contributed by atoms with E-state index in [0.29, 0.717) is 11.8 Å². The van der Waals surface area contributed by atoms with Gasteiger partial charge in [-0.25, -0.2) is 4.79 Å². The molecule has 0 saturated carbocycles. The van der Waals surface area contributed by atoms with Crippen molar-refractivity contribution in [1.82, 2.24) is 9.78 Å². The summed E-state index contributed by atoms with van der Waals surface area (Å²) in [5.74, 6) is -0.966. The lowest BCUT2D eigenvalue weighted by Crippen LogP contribution is -1.99. The van der Waals surface area contributed by atoms with Crippen molar-refractivity contribution in [3.05, 3.63) is 29.8 Å². The number of rotatable bonds is 3. The predicted octanol–water partition coefficient (Wildman–Crippen LogP) is 1.19. The lowest BCUT2D eigenvalue weighted by atomic mass is 10.1. The molecule has 2 aromatic rings. The summed E-state index contributed by atoms with van der Waals surface area (Å²) in [5, 5.41) is 12.8. The summed E-state index contributed by atoms with van der Waals surface area (Å²) in [6.45, 7) is 0. The van der Waals surface area contributed by atoms with Crippen LogP contribution in [0.25, 0.3) is 11.3 Å². The van der Waals surface area contributed by atoms with Crippen LogP contribution in [0.2, 0.25) is 0 Å². The van der Waals surface area contributed by atoms with Gasteiger partial charge in [-0.15, -0.1) is 0 Å². The zero-order valence-corrected chi connectivity index (χ0v) is 8.38. The van der Waals surface area contributed by atoms with E-state index in [1.807, 2.05) is 0 Å². The van der Waals surface area contributed by atoms with Crippen LogP contribution in [0.1, 0.15) is 20.8 Å². The van der Waals surface area contributed by atoms with E-state index in [4.69, 9.17) is 9.52 Å². The van der Waals surface area contributed by atoms with Crippen molar-refractivity contribution < 1.29 is 19.1 Å². The van der Waals surface area contributed by atoms with Gasteiger partial charge in [0.1, 0.15) is 11.3 Å². The van der Waals surface area contributed by atoms with Crippen molar-refractivity contribution in [2.24, 2.45) is 7.05 Å². The van der Waals surface area contributed by atoms with E-state index in [9.17, 15) is 9.59 Å². The van der Waals surface area contributed by atoms with E-state index in [1.165, 1.54) is 23.2 Å². The third-order valence-corrected chi connectivity index (χ3v) is 2.24. The van der Waals surface area contributed by atoms with Gasteiger partial charge >= 0.3 is 5.97 Å². The summed E-state index contributed by atoms with van der Waals surface area (Å²) >= 11 is 0. The SMILES string of the molecule is Cn1ncc(-c2occc2C(=O)O)c1C=O. The largest absolute Gasteiger partial charge is 0.478 e. The predicted molar refractivity (Wildman–Crippen MR) is 53.3 cm³/mol. The van der Waals surface area contributed by atoms with Gasteiger partial charge in [-0.1, -0.05) is 0 Å². The average molecular weight is 220 g/mol. The molecule has 0 radical (unpaired) electrons. The molecule has 2 aromatic heterocycles. The van der Waals surface area contributed by atoms with Gasteiger partial charge in [-0.3, -0.25) is 9.48 Å². The average Bonchev–Trinajstić information content (AvgIpc) is 2.82. The molecule has 16 heavy (non-hydrogen) atoms. The molecule has 6 nitrogen and oxygen atoms in total. The first-order chi connectivity index (χ1) is 7.65. The van der Waals surface area contributed by atoms with Crippen LogP contribution in [-0.4, -0.2) is 27.1 Å². The molecule has 82 valence electrons. The number of hydrogen-bond donors (Lipinski definition) is 1. The number of aldehydes is 1. The Morgan fingerprint density at radius 3 is 3.00 bits per heavy atom. The van der Waals surface area contributed by atoms with Gasteiger partial charge < -0.3 is 9.52 Å². The van der Waals surface area contributed by atoms with Gasteiger partial charge in [0, 0.05) is 7.05 Å². The number of aromatic nitrogens is 2. The third kappa shape index (κ3) is 1.40. The summed E-state index contributed by atoms with van der Waals surface area (Å²) in [7, 11) is 1.59. The second-order valence-corrected chi connectivity index (χ2v) is 3.15. The first kappa shape index (κ1) is 10.2. The van der Waals surface area contributed by atoms with Gasteiger partial charge in [0.2, 0.25) is 0 Å². The topological polar surface area (TPSA) is 85.3 Å². The molecular weight excluding hydrogens is 212 g/mol. The van der Waals surface area contributed by atoms with E-state index in [-0.39, 0.29) is 17.0 Å². The van der Waals surface area contributed by atoms with Crippen molar-refractivity contribution in [2.45, 2.75) is 0 Å². The van der Waals surface area contributed by atoms with Crippen LogP contribution in [-0.2, 0) is 7.05 Å². The number of carboxylic acid groups (broad SMARTS) is 1. The smallest absolute Gasteiger partial charge is 0.339 e. The molecule has 0 saturated heterocycles. The van der Waals surface area contributed by atoms with Gasteiger partial charge in [-0.2, -0.15) is 5.10 Å². The molecule has 0 atom stereocenters. The fourth-order valence-corrected chi connectivity index (χ4v) is 1.45. The molecule has 0 spiro atoms. The zero-order chi connectivity index (χ0) is 11.7. The summed E-state index contributed by atoms with van der Waals surface area (Å²) in [5.41, 5.74) is 0.661. The molecule has 6 heteroatoms. The highest BCUT2D eigenvalue weighted by molar-refractivity contribution is 5.96. The zero-order valence-electron chi connectivity index (χ0n) is 8.38.